The van der Waals surface area contributed by atoms with E-state index in [-0.39, 0.29) is 5.91 Å². The minimum Gasteiger partial charge on any atom is -0.497 e. The lowest BCUT2D eigenvalue weighted by Crippen LogP contribution is -2.25. The van der Waals surface area contributed by atoms with Crippen molar-refractivity contribution >= 4 is 17.2 Å². The number of ether oxygens (including phenoxy) is 1. The molecule has 0 aliphatic heterocycles. The zero-order valence-corrected chi connectivity index (χ0v) is 16.2. The maximum Gasteiger partial charge on any atom is 0.220 e. The number of pyridine rings is 1. The van der Waals surface area contributed by atoms with Crippen LogP contribution in [0.3, 0.4) is 0 Å². The van der Waals surface area contributed by atoms with Gasteiger partial charge in [-0.05, 0) is 49.1 Å². The van der Waals surface area contributed by atoms with Gasteiger partial charge < -0.3 is 10.1 Å². The predicted octanol–water partition coefficient (Wildman–Crippen LogP) is 3.90. The quantitative estimate of drug-likeness (QED) is 0.571. The molecule has 1 aromatic carbocycles. The summed E-state index contributed by atoms with van der Waals surface area (Å²) < 4.78 is 5.15. The average molecular weight is 382 g/mol. The second-order valence-electron chi connectivity index (χ2n) is 6.18. The van der Waals surface area contributed by atoms with Gasteiger partial charge in [0.05, 0.1) is 12.8 Å². The molecule has 0 aliphatic carbocycles. The van der Waals surface area contributed by atoms with Crippen LogP contribution in [0.2, 0.25) is 0 Å². The molecule has 0 unspecified atom stereocenters. The number of rotatable bonds is 9. The molecule has 0 saturated heterocycles. The minimum absolute atomic E-state index is 0.0724. The molecule has 0 fully saturated rings. The number of methoxy groups -OCH3 is 1. The van der Waals surface area contributed by atoms with Crippen LogP contribution in [0.5, 0.6) is 5.75 Å². The lowest BCUT2D eigenvalue weighted by atomic mass is 10.1. The Morgan fingerprint density at radius 1 is 1.11 bits per heavy atom. The van der Waals surface area contributed by atoms with Crippen molar-refractivity contribution in [1.82, 2.24) is 15.3 Å². The monoisotopic (exact) mass is 381 g/mol. The van der Waals surface area contributed by atoms with E-state index in [0.717, 1.165) is 34.9 Å². The van der Waals surface area contributed by atoms with Gasteiger partial charge in [0.25, 0.3) is 0 Å². The molecule has 0 radical (unpaired) electrons. The van der Waals surface area contributed by atoms with Crippen LogP contribution >= 0.6 is 11.3 Å². The van der Waals surface area contributed by atoms with Gasteiger partial charge in [-0.1, -0.05) is 12.1 Å². The summed E-state index contributed by atoms with van der Waals surface area (Å²) in [7, 11) is 1.66. The second kappa shape index (κ2) is 9.83. The first kappa shape index (κ1) is 19.0. The first-order valence-corrected chi connectivity index (χ1v) is 9.87. The molecular weight excluding hydrogens is 358 g/mol. The van der Waals surface area contributed by atoms with E-state index in [2.05, 4.69) is 27.4 Å². The number of nitrogens with zero attached hydrogens (tertiary/aromatic N) is 2. The van der Waals surface area contributed by atoms with E-state index in [0.29, 0.717) is 19.4 Å². The Balaban J connectivity index is 1.35. The summed E-state index contributed by atoms with van der Waals surface area (Å²) in [5.74, 6) is 0.935. The molecule has 3 aromatic rings. The van der Waals surface area contributed by atoms with E-state index in [1.807, 2.05) is 29.6 Å². The number of carbonyl (C=O) groups is 1. The Bertz CT molecular complexity index is 847. The van der Waals surface area contributed by atoms with E-state index in [1.165, 1.54) is 5.56 Å². The zero-order valence-electron chi connectivity index (χ0n) is 15.4. The molecular formula is C21H23N3O2S. The molecule has 0 atom stereocenters. The third-order valence-electron chi connectivity index (χ3n) is 4.21. The van der Waals surface area contributed by atoms with Crippen molar-refractivity contribution in [1.29, 1.82) is 0 Å². The highest BCUT2D eigenvalue weighted by Crippen LogP contribution is 2.23. The van der Waals surface area contributed by atoms with Crippen molar-refractivity contribution in [3.8, 4) is 16.3 Å². The van der Waals surface area contributed by atoms with Crippen molar-refractivity contribution in [3.63, 3.8) is 0 Å². The number of aromatic nitrogens is 2. The van der Waals surface area contributed by atoms with Crippen molar-refractivity contribution in [2.75, 3.05) is 13.7 Å². The van der Waals surface area contributed by atoms with Crippen LogP contribution in [0.25, 0.3) is 10.6 Å². The van der Waals surface area contributed by atoms with Crippen LogP contribution in [0.4, 0.5) is 0 Å². The average Bonchev–Trinajstić information content (AvgIpc) is 3.20. The number of benzene rings is 1. The molecule has 2 aromatic heterocycles. The fourth-order valence-electron chi connectivity index (χ4n) is 2.69. The van der Waals surface area contributed by atoms with Gasteiger partial charge in [-0.2, -0.15) is 0 Å². The second-order valence-corrected chi connectivity index (χ2v) is 7.04. The molecule has 6 heteroatoms. The number of nitrogens with one attached hydrogen (secondary N) is 1. The molecule has 0 bridgehead atoms. The number of aryl methyl sites for hydroxylation is 2. The van der Waals surface area contributed by atoms with Crippen LogP contribution in [0.15, 0.2) is 54.2 Å². The summed E-state index contributed by atoms with van der Waals surface area (Å²) in [5.41, 5.74) is 3.26. The lowest BCUT2D eigenvalue weighted by Gasteiger charge is -2.06. The molecule has 1 amide bonds. The van der Waals surface area contributed by atoms with Crippen LogP contribution in [-0.2, 0) is 17.6 Å². The number of hydrogen-bond acceptors (Lipinski definition) is 5. The molecule has 3 rings (SSSR count). The maximum absolute atomic E-state index is 12.0. The standard InChI is InChI=1S/C21H23N3O2S/c1-26-19-7-4-16(5-8-19)3-2-12-23-20(25)9-6-18-15-27-21(24-18)17-10-13-22-14-11-17/h4-5,7-8,10-11,13-15H,2-3,6,9,12H2,1H3,(H,23,25). The Labute approximate surface area is 163 Å². The molecule has 1 N–H and O–H groups in total. The lowest BCUT2D eigenvalue weighted by molar-refractivity contribution is -0.121. The Hall–Kier alpha value is -2.73. The first-order valence-electron chi connectivity index (χ1n) is 8.99. The third-order valence-corrected chi connectivity index (χ3v) is 5.15. The molecule has 0 spiro atoms. The molecule has 140 valence electrons. The summed E-state index contributed by atoms with van der Waals surface area (Å²) in [6.45, 7) is 0.685. The van der Waals surface area contributed by atoms with Crippen LogP contribution in [0.1, 0.15) is 24.1 Å². The maximum atomic E-state index is 12.0. The highest BCUT2D eigenvalue weighted by atomic mass is 32.1. The Morgan fingerprint density at radius 3 is 2.63 bits per heavy atom. The zero-order chi connectivity index (χ0) is 18.9. The molecule has 2 heterocycles. The fourth-order valence-corrected chi connectivity index (χ4v) is 3.55. The largest absolute Gasteiger partial charge is 0.497 e. The van der Waals surface area contributed by atoms with Crippen LogP contribution < -0.4 is 10.1 Å². The SMILES string of the molecule is COc1ccc(CCCNC(=O)CCc2csc(-c3ccncc3)n2)cc1. The van der Waals surface area contributed by atoms with Crippen molar-refractivity contribution < 1.29 is 9.53 Å². The van der Waals surface area contributed by atoms with Gasteiger partial charge in [0, 0.05) is 36.3 Å². The molecule has 0 aliphatic rings. The predicted molar refractivity (Wildman–Crippen MR) is 108 cm³/mol. The van der Waals surface area contributed by atoms with Crippen LogP contribution in [0, 0.1) is 0 Å². The molecule has 0 saturated carbocycles. The number of hydrogen-bond donors (Lipinski definition) is 1. The number of thiazole rings is 1. The summed E-state index contributed by atoms with van der Waals surface area (Å²) in [6.07, 6.45) is 6.49. The van der Waals surface area contributed by atoms with E-state index < -0.39 is 0 Å². The van der Waals surface area contributed by atoms with Crippen molar-refractivity contribution in [3.05, 3.63) is 65.4 Å². The molecule has 5 nitrogen and oxygen atoms in total. The summed E-state index contributed by atoms with van der Waals surface area (Å²) in [5, 5.41) is 5.97. The minimum atomic E-state index is 0.0724. The van der Waals surface area contributed by atoms with Gasteiger partial charge in [0.2, 0.25) is 5.91 Å². The van der Waals surface area contributed by atoms with Gasteiger partial charge in [-0.15, -0.1) is 11.3 Å². The highest BCUT2D eigenvalue weighted by molar-refractivity contribution is 7.13. The highest BCUT2D eigenvalue weighted by Gasteiger charge is 2.07. The smallest absolute Gasteiger partial charge is 0.220 e. The summed E-state index contributed by atoms with van der Waals surface area (Å²) in [4.78, 5) is 20.6. The summed E-state index contributed by atoms with van der Waals surface area (Å²) >= 11 is 1.60. The summed E-state index contributed by atoms with van der Waals surface area (Å²) in [6, 6.07) is 11.9. The number of carbonyl (C=O) groups excluding carboxylic acids is 1. The van der Waals surface area contributed by atoms with Crippen molar-refractivity contribution in [2.24, 2.45) is 0 Å². The fraction of sp³-hybridized carbons (Fsp3) is 0.286. The van der Waals surface area contributed by atoms with Gasteiger partial charge in [0.15, 0.2) is 0 Å². The Kier molecular flexibility index (Phi) is 6.93. The van der Waals surface area contributed by atoms with Gasteiger partial charge >= 0.3 is 0 Å². The van der Waals surface area contributed by atoms with E-state index in [9.17, 15) is 4.79 Å². The van der Waals surface area contributed by atoms with Gasteiger partial charge in [0.1, 0.15) is 10.8 Å². The van der Waals surface area contributed by atoms with E-state index >= 15 is 0 Å². The Morgan fingerprint density at radius 2 is 1.89 bits per heavy atom. The normalized spacial score (nSPS) is 10.6. The van der Waals surface area contributed by atoms with Crippen LogP contribution in [-0.4, -0.2) is 29.5 Å². The number of amides is 1. The van der Waals surface area contributed by atoms with Gasteiger partial charge in [-0.25, -0.2) is 4.98 Å². The van der Waals surface area contributed by atoms with Crippen molar-refractivity contribution in [2.45, 2.75) is 25.7 Å². The third kappa shape index (κ3) is 5.89. The van der Waals surface area contributed by atoms with Gasteiger partial charge in [-0.3, -0.25) is 9.78 Å². The van der Waals surface area contributed by atoms with E-state index in [1.54, 1.807) is 30.8 Å². The van der Waals surface area contributed by atoms with E-state index in [4.69, 9.17) is 4.74 Å². The molecule has 27 heavy (non-hydrogen) atoms. The topological polar surface area (TPSA) is 64.1 Å². The first-order chi connectivity index (χ1) is 13.2.